The van der Waals surface area contributed by atoms with Crippen LogP contribution in [0.1, 0.15) is 31.7 Å². The summed E-state index contributed by atoms with van der Waals surface area (Å²) < 4.78 is 5.98. The maximum Gasteiger partial charge on any atom is 0.191 e. The second-order valence-corrected chi connectivity index (χ2v) is 7.23. The zero-order chi connectivity index (χ0) is 17.5. The summed E-state index contributed by atoms with van der Waals surface area (Å²) in [5.74, 6) is 2.78. The van der Waals surface area contributed by atoms with E-state index in [1.54, 1.807) is 0 Å². The summed E-state index contributed by atoms with van der Waals surface area (Å²) in [4.78, 5) is 7.16. The number of guanidine groups is 1. The molecule has 1 aromatic carbocycles. The molecule has 6 heteroatoms. The van der Waals surface area contributed by atoms with Gasteiger partial charge in [0.05, 0.1) is 6.54 Å². The number of piperidine rings is 1. The molecule has 0 radical (unpaired) electrons. The Morgan fingerprint density at radius 3 is 2.73 bits per heavy atom. The molecule has 0 aromatic heterocycles. The number of halogens is 1. The van der Waals surface area contributed by atoms with Crippen LogP contribution in [0.15, 0.2) is 29.3 Å². The summed E-state index contributed by atoms with van der Waals surface area (Å²) in [5, 5.41) is 6.84. The maximum absolute atomic E-state index is 5.98. The molecule has 1 fully saturated rings. The zero-order valence-electron chi connectivity index (χ0n) is 16.0. The molecule has 5 nitrogen and oxygen atoms in total. The van der Waals surface area contributed by atoms with E-state index in [4.69, 9.17) is 9.73 Å². The molecule has 146 valence electrons. The Bertz CT molecular complexity index is 548. The highest BCUT2D eigenvalue weighted by Gasteiger charge is 2.22. The van der Waals surface area contributed by atoms with Crippen LogP contribution in [0.4, 0.5) is 0 Å². The van der Waals surface area contributed by atoms with Crippen molar-refractivity contribution in [2.45, 2.75) is 38.7 Å². The molecule has 1 unspecified atom stereocenters. The molecular weight excluding hydrogens is 439 g/mol. The molecular formula is C20H33IN4O. The molecule has 0 spiro atoms. The van der Waals surface area contributed by atoms with Gasteiger partial charge in [0.1, 0.15) is 11.9 Å². The predicted molar refractivity (Wildman–Crippen MR) is 119 cm³/mol. The van der Waals surface area contributed by atoms with Gasteiger partial charge in [0.25, 0.3) is 0 Å². The topological polar surface area (TPSA) is 48.9 Å². The van der Waals surface area contributed by atoms with Gasteiger partial charge in [-0.15, -0.1) is 24.0 Å². The van der Waals surface area contributed by atoms with Gasteiger partial charge in [-0.1, -0.05) is 18.2 Å². The minimum absolute atomic E-state index is 0. The summed E-state index contributed by atoms with van der Waals surface area (Å²) >= 11 is 0. The third kappa shape index (κ3) is 6.30. The minimum Gasteiger partial charge on any atom is -0.488 e. The van der Waals surface area contributed by atoms with Crippen molar-refractivity contribution in [1.29, 1.82) is 0 Å². The van der Waals surface area contributed by atoms with Crippen LogP contribution in [0, 0.1) is 5.92 Å². The molecule has 1 atom stereocenters. The molecule has 0 saturated carbocycles. The number of rotatable bonds is 6. The average Bonchev–Trinajstić information content (AvgIpc) is 3.04. The molecule has 2 aliphatic heterocycles. The number of ether oxygens (including phenoxy) is 1. The first-order valence-electron chi connectivity index (χ1n) is 9.70. The van der Waals surface area contributed by atoms with E-state index < -0.39 is 0 Å². The molecule has 0 aliphatic carbocycles. The number of fused-ring (bicyclic) bond motifs is 1. The van der Waals surface area contributed by atoms with Crippen LogP contribution >= 0.6 is 24.0 Å². The quantitative estimate of drug-likeness (QED) is 0.380. The Hall–Kier alpha value is -1.02. The standard InChI is InChI=1S/C20H32N4O.HI/c1-3-21-20(22-11-8-16-9-12-24(2)13-10-16)23-15-18-14-17-6-4-5-7-19(17)25-18;/h4-7,16,18H,3,8-15H2,1-2H3,(H2,21,22,23);1H. The molecule has 1 saturated heterocycles. The summed E-state index contributed by atoms with van der Waals surface area (Å²) in [6.07, 6.45) is 4.97. The number of benzene rings is 1. The number of hydrogen-bond donors (Lipinski definition) is 2. The molecule has 3 rings (SSSR count). The van der Waals surface area contributed by atoms with E-state index in [0.29, 0.717) is 6.54 Å². The normalized spacial score (nSPS) is 20.8. The van der Waals surface area contributed by atoms with Crippen LogP contribution in [0.2, 0.25) is 0 Å². The van der Waals surface area contributed by atoms with Gasteiger partial charge in [0.2, 0.25) is 0 Å². The van der Waals surface area contributed by atoms with Gasteiger partial charge in [-0.3, -0.25) is 0 Å². The van der Waals surface area contributed by atoms with E-state index in [1.807, 2.05) is 12.1 Å². The van der Waals surface area contributed by atoms with Crippen molar-refractivity contribution in [2.75, 3.05) is 39.8 Å². The lowest BCUT2D eigenvalue weighted by atomic mass is 9.94. The van der Waals surface area contributed by atoms with Crippen molar-refractivity contribution in [1.82, 2.24) is 15.5 Å². The summed E-state index contributed by atoms with van der Waals surface area (Å²) in [6, 6.07) is 8.29. The molecule has 26 heavy (non-hydrogen) atoms. The first-order valence-corrected chi connectivity index (χ1v) is 9.70. The van der Waals surface area contributed by atoms with Gasteiger partial charge in [-0.25, -0.2) is 4.99 Å². The van der Waals surface area contributed by atoms with Crippen molar-refractivity contribution in [3.8, 4) is 5.75 Å². The van der Waals surface area contributed by atoms with Crippen molar-refractivity contribution >= 4 is 29.9 Å². The fourth-order valence-electron chi connectivity index (χ4n) is 3.64. The van der Waals surface area contributed by atoms with Crippen LogP contribution in [0.3, 0.4) is 0 Å². The van der Waals surface area contributed by atoms with Gasteiger partial charge in [-0.05, 0) is 63.9 Å². The fraction of sp³-hybridized carbons (Fsp3) is 0.650. The molecule has 0 amide bonds. The minimum atomic E-state index is 0. The molecule has 2 aliphatic rings. The maximum atomic E-state index is 5.98. The van der Waals surface area contributed by atoms with Gasteiger partial charge < -0.3 is 20.3 Å². The second-order valence-electron chi connectivity index (χ2n) is 7.23. The average molecular weight is 472 g/mol. The van der Waals surface area contributed by atoms with Crippen LogP contribution < -0.4 is 15.4 Å². The lowest BCUT2D eigenvalue weighted by molar-refractivity contribution is 0.213. The highest BCUT2D eigenvalue weighted by molar-refractivity contribution is 14.0. The van der Waals surface area contributed by atoms with Gasteiger partial charge >= 0.3 is 0 Å². The fourth-order valence-corrected chi connectivity index (χ4v) is 3.64. The third-order valence-electron chi connectivity index (χ3n) is 5.19. The lowest BCUT2D eigenvalue weighted by Gasteiger charge is -2.29. The van der Waals surface area contributed by atoms with Crippen molar-refractivity contribution in [3.63, 3.8) is 0 Å². The predicted octanol–water partition coefficient (Wildman–Crippen LogP) is 2.90. The van der Waals surface area contributed by atoms with Crippen LogP contribution in [-0.2, 0) is 6.42 Å². The smallest absolute Gasteiger partial charge is 0.191 e. The van der Waals surface area contributed by atoms with Gasteiger partial charge in [-0.2, -0.15) is 0 Å². The lowest BCUT2D eigenvalue weighted by Crippen LogP contribution is -2.39. The summed E-state index contributed by atoms with van der Waals surface area (Å²) in [7, 11) is 2.22. The summed E-state index contributed by atoms with van der Waals surface area (Å²) in [6.45, 7) is 7.14. The molecule has 1 aromatic rings. The van der Waals surface area contributed by atoms with E-state index in [0.717, 1.165) is 37.1 Å². The highest BCUT2D eigenvalue weighted by Crippen LogP contribution is 2.28. The van der Waals surface area contributed by atoms with Crippen molar-refractivity contribution in [2.24, 2.45) is 10.9 Å². The molecule has 0 bridgehead atoms. The molecule has 2 heterocycles. The zero-order valence-corrected chi connectivity index (χ0v) is 18.4. The summed E-state index contributed by atoms with van der Waals surface area (Å²) in [5.41, 5.74) is 1.29. The van der Waals surface area contributed by atoms with Crippen LogP contribution in [0.25, 0.3) is 0 Å². The van der Waals surface area contributed by atoms with Crippen LogP contribution in [-0.4, -0.2) is 56.7 Å². The van der Waals surface area contributed by atoms with Crippen molar-refractivity contribution < 1.29 is 4.74 Å². The molecule has 2 N–H and O–H groups in total. The van der Waals surface area contributed by atoms with Gasteiger partial charge in [0.15, 0.2) is 5.96 Å². The first-order chi connectivity index (χ1) is 12.2. The number of nitrogens with zero attached hydrogens (tertiary/aromatic N) is 2. The Morgan fingerprint density at radius 2 is 2.00 bits per heavy atom. The van der Waals surface area contributed by atoms with E-state index in [1.165, 1.54) is 37.9 Å². The monoisotopic (exact) mass is 472 g/mol. The van der Waals surface area contributed by atoms with Gasteiger partial charge in [0, 0.05) is 19.5 Å². The number of aliphatic imine (C=N–C) groups is 1. The number of nitrogens with one attached hydrogen (secondary N) is 2. The SMILES string of the molecule is CCNC(=NCC1Cc2ccccc2O1)NCCC1CCN(C)CC1.I. The highest BCUT2D eigenvalue weighted by atomic mass is 127. The third-order valence-corrected chi connectivity index (χ3v) is 5.19. The Balaban J connectivity index is 0.00000243. The van der Waals surface area contributed by atoms with E-state index >= 15 is 0 Å². The van der Waals surface area contributed by atoms with Crippen LogP contribution in [0.5, 0.6) is 5.75 Å². The van der Waals surface area contributed by atoms with E-state index in [9.17, 15) is 0 Å². The Morgan fingerprint density at radius 1 is 1.23 bits per heavy atom. The Kier molecular flexibility index (Phi) is 8.98. The first kappa shape index (κ1) is 21.3. The largest absolute Gasteiger partial charge is 0.488 e. The van der Waals surface area contributed by atoms with Crippen molar-refractivity contribution in [3.05, 3.63) is 29.8 Å². The van der Waals surface area contributed by atoms with E-state index in [-0.39, 0.29) is 30.1 Å². The number of para-hydroxylation sites is 1. The Labute approximate surface area is 175 Å². The number of likely N-dealkylation sites (tertiary alicyclic amines) is 1. The second kappa shape index (κ2) is 11.0. The number of hydrogen-bond acceptors (Lipinski definition) is 3. The van der Waals surface area contributed by atoms with E-state index in [2.05, 4.69) is 41.6 Å².